The second-order valence-corrected chi connectivity index (χ2v) is 6.58. The minimum Gasteiger partial charge on any atom is -0.304 e. The molecule has 6 heteroatoms. The number of amides is 2. The Hall–Kier alpha value is -1.63. The fourth-order valence-corrected chi connectivity index (χ4v) is 3.34. The van der Waals surface area contributed by atoms with Gasteiger partial charge < -0.3 is 4.90 Å². The van der Waals surface area contributed by atoms with Crippen molar-refractivity contribution in [2.75, 3.05) is 39.9 Å². The highest BCUT2D eigenvalue weighted by atomic mass is 32.2. The Bertz CT molecular complexity index is 595. The molecule has 0 saturated carbocycles. The number of likely N-dealkylation sites (N-methyl/N-ethyl adjacent to an activating group) is 1. The molecule has 3 rings (SSSR count). The molecule has 0 aromatic heterocycles. The van der Waals surface area contributed by atoms with E-state index in [4.69, 9.17) is 0 Å². The van der Waals surface area contributed by atoms with Crippen LogP contribution in [0.2, 0.25) is 0 Å². The van der Waals surface area contributed by atoms with Crippen LogP contribution in [0.3, 0.4) is 0 Å². The summed E-state index contributed by atoms with van der Waals surface area (Å²) in [5.41, 5.74) is 0.938. The summed E-state index contributed by atoms with van der Waals surface area (Å²) in [5.74, 6) is -0.183. The molecule has 0 unspecified atom stereocenters. The molecule has 2 saturated heterocycles. The minimum atomic E-state index is -0.183. The van der Waals surface area contributed by atoms with E-state index >= 15 is 0 Å². The highest BCUT2D eigenvalue weighted by Gasteiger charge is 2.36. The SMILES string of the molecule is CN1CCN(CN2C(=O)S/C(=C/c3ccccc3)C2=O)CC1. The van der Waals surface area contributed by atoms with Gasteiger partial charge in [-0.05, 0) is 30.4 Å². The van der Waals surface area contributed by atoms with Crippen LogP contribution in [0.4, 0.5) is 4.79 Å². The molecule has 0 atom stereocenters. The van der Waals surface area contributed by atoms with Crippen LogP contribution in [0.15, 0.2) is 35.2 Å². The lowest BCUT2D eigenvalue weighted by atomic mass is 10.2. The maximum absolute atomic E-state index is 12.4. The summed E-state index contributed by atoms with van der Waals surface area (Å²) in [5, 5.41) is -0.175. The highest BCUT2D eigenvalue weighted by Crippen LogP contribution is 2.32. The lowest BCUT2D eigenvalue weighted by molar-refractivity contribution is -0.124. The lowest BCUT2D eigenvalue weighted by Gasteiger charge is -2.33. The zero-order valence-corrected chi connectivity index (χ0v) is 13.4. The molecular weight excluding hydrogens is 298 g/mol. The predicted molar refractivity (Wildman–Crippen MR) is 88.2 cm³/mol. The van der Waals surface area contributed by atoms with Gasteiger partial charge in [-0.15, -0.1) is 0 Å². The zero-order valence-electron chi connectivity index (χ0n) is 12.6. The van der Waals surface area contributed by atoms with E-state index in [0.717, 1.165) is 43.5 Å². The number of benzene rings is 1. The fraction of sp³-hybridized carbons (Fsp3) is 0.375. The molecule has 0 radical (unpaired) electrons. The number of hydrogen-bond donors (Lipinski definition) is 0. The van der Waals surface area contributed by atoms with Crippen LogP contribution in [0.5, 0.6) is 0 Å². The van der Waals surface area contributed by atoms with Gasteiger partial charge in [-0.3, -0.25) is 19.4 Å². The Morgan fingerprint density at radius 2 is 1.77 bits per heavy atom. The first-order valence-corrected chi connectivity index (χ1v) is 8.16. The smallest absolute Gasteiger partial charge is 0.294 e. The summed E-state index contributed by atoms with van der Waals surface area (Å²) in [4.78, 5) is 30.8. The van der Waals surface area contributed by atoms with Gasteiger partial charge in [0.2, 0.25) is 0 Å². The van der Waals surface area contributed by atoms with Crippen molar-refractivity contribution in [1.29, 1.82) is 0 Å². The van der Waals surface area contributed by atoms with Crippen molar-refractivity contribution in [3.8, 4) is 0 Å². The van der Waals surface area contributed by atoms with Crippen LogP contribution in [0, 0.1) is 0 Å². The number of hydrogen-bond acceptors (Lipinski definition) is 5. The summed E-state index contributed by atoms with van der Waals surface area (Å²) in [6.07, 6.45) is 1.79. The summed E-state index contributed by atoms with van der Waals surface area (Å²) in [6.45, 7) is 4.10. The quantitative estimate of drug-likeness (QED) is 0.797. The van der Waals surface area contributed by atoms with E-state index < -0.39 is 0 Å². The van der Waals surface area contributed by atoms with Gasteiger partial charge >= 0.3 is 0 Å². The normalized spacial score (nSPS) is 22.8. The molecule has 2 amide bonds. The summed E-state index contributed by atoms with van der Waals surface area (Å²) >= 11 is 1.03. The molecule has 2 aliphatic rings. The van der Waals surface area contributed by atoms with Crippen LogP contribution in [-0.4, -0.2) is 65.7 Å². The van der Waals surface area contributed by atoms with E-state index in [1.807, 2.05) is 30.3 Å². The standard InChI is InChI=1S/C16H19N3O2S/c1-17-7-9-18(10-8-17)12-19-15(20)14(22-16(19)21)11-13-5-3-2-4-6-13/h2-6,11H,7-10,12H2,1H3/b14-11+. The minimum absolute atomic E-state index is 0.175. The Balaban J connectivity index is 1.68. The van der Waals surface area contributed by atoms with Gasteiger partial charge in [-0.2, -0.15) is 0 Å². The molecule has 5 nitrogen and oxygen atoms in total. The van der Waals surface area contributed by atoms with Gasteiger partial charge in [0.05, 0.1) is 11.6 Å². The number of nitrogens with zero attached hydrogens (tertiary/aromatic N) is 3. The molecule has 116 valence electrons. The molecule has 22 heavy (non-hydrogen) atoms. The molecule has 0 bridgehead atoms. The van der Waals surface area contributed by atoms with Gasteiger partial charge in [0.1, 0.15) is 0 Å². The van der Waals surface area contributed by atoms with Gasteiger partial charge in [-0.1, -0.05) is 30.3 Å². The predicted octanol–water partition coefficient (Wildman–Crippen LogP) is 1.93. The van der Waals surface area contributed by atoms with Crippen molar-refractivity contribution in [3.05, 3.63) is 40.8 Å². The first kappa shape index (κ1) is 15.3. The van der Waals surface area contributed by atoms with E-state index in [1.54, 1.807) is 6.08 Å². The molecule has 0 N–H and O–H groups in total. The lowest BCUT2D eigenvalue weighted by Crippen LogP contribution is -2.49. The molecule has 2 fully saturated rings. The Labute approximate surface area is 134 Å². The van der Waals surface area contributed by atoms with Crippen molar-refractivity contribution in [1.82, 2.24) is 14.7 Å². The van der Waals surface area contributed by atoms with E-state index in [2.05, 4.69) is 16.8 Å². The summed E-state index contributed by atoms with van der Waals surface area (Å²) in [7, 11) is 2.08. The Morgan fingerprint density at radius 3 is 2.45 bits per heavy atom. The third-order valence-corrected chi connectivity index (χ3v) is 4.82. The fourth-order valence-electron chi connectivity index (χ4n) is 2.51. The third-order valence-electron chi connectivity index (χ3n) is 3.91. The van der Waals surface area contributed by atoms with E-state index in [0.29, 0.717) is 11.6 Å². The zero-order chi connectivity index (χ0) is 15.5. The average Bonchev–Trinajstić information content (AvgIpc) is 2.78. The summed E-state index contributed by atoms with van der Waals surface area (Å²) in [6, 6.07) is 9.61. The van der Waals surface area contributed by atoms with Crippen molar-refractivity contribution in [2.45, 2.75) is 0 Å². The largest absolute Gasteiger partial charge is 0.304 e. The monoisotopic (exact) mass is 317 g/mol. The van der Waals surface area contributed by atoms with Gasteiger partial charge in [0.15, 0.2) is 0 Å². The summed E-state index contributed by atoms with van der Waals surface area (Å²) < 4.78 is 0. The van der Waals surface area contributed by atoms with Crippen LogP contribution < -0.4 is 0 Å². The maximum atomic E-state index is 12.4. The number of carbonyl (C=O) groups is 2. The van der Waals surface area contributed by atoms with Crippen LogP contribution in [0.1, 0.15) is 5.56 Å². The molecule has 0 aliphatic carbocycles. The first-order chi connectivity index (χ1) is 10.6. The van der Waals surface area contributed by atoms with Gasteiger partial charge in [0, 0.05) is 26.2 Å². The van der Waals surface area contributed by atoms with Crippen LogP contribution in [-0.2, 0) is 4.79 Å². The van der Waals surface area contributed by atoms with Gasteiger partial charge in [0.25, 0.3) is 11.1 Å². The topological polar surface area (TPSA) is 43.9 Å². The highest BCUT2D eigenvalue weighted by molar-refractivity contribution is 8.18. The third kappa shape index (κ3) is 3.40. The van der Waals surface area contributed by atoms with Crippen molar-refractivity contribution in [2.24, 2.45) is 0 Å². The van der Waals surface area contributed by atoms with E-state index in [9.17, 15) is 9.59 Å². The number of thioether (sulfide) groups is 1. The second-order valence-electron chi connectivity index (χ2n) is 5.58. The Morgan fingerprint density at radius 1 is 1.09 bits per heavy atom. The molecule has 2 aliphatic heterocycles. The molecule has 1 aromatic rings. The first-order valence-electron chi connectivity index (χ1n) is 7.35. The number of carbonyl (C=O) groups excluding carboxylic acids is 2. The number of piperazine rings is 1. The molecule has 2 heterocycles. The second kappa shape index (κ2) is 6.64. The Kier molecular flexibility index (Phi) is 4.61. The number of imide groups is 1. The van der Waals surface area contributed by atoms with Gasteiger partial charge in [-0.25, -0.2) is 0 Å². The molecule has 1 aromatic carbocycles. The van der Waals surface area contributed by atoms with E-state index in [-0.39, 0.29) is 11.1 Å². The van der Waals surface area contributed by atoms with E-state index in [1.165, 1.54) is 4.90 Å². The maximum Gasteiger partial charge on any atom is 0.294 e. The van der Waals surface area contributed by atoms with Crippen LogP contribution in [0.25, 0.3) is 6.08 Å². The van der Waals surface area contributed by atoms with Crippen LogP contribution >= 0.6 is 11.8 Å². The average molecular weight is 317 g/mol. The molecule has 0 spiro atoms. The van der Waals surface area contributed by atoms with Crippen molar-refractivity contribution < 1.29 is 9.59 Å². The van der Waals surface area contributed by atoms with Crippen molar-refractivity contribution in [3.63, 3.8) is 0 Å². The molecular formula is C16H19N3O2S. The van der Waals surface area contributed by atoms with Crippen molar-refractivity contribution >= 4 is 29.0 Å². The number of rotatable bonds is 3.